The van der Waals surface area contributed by atoms with Crippen molar-refractivity contribution in [1.29, 1.82) is 0 Å². The highest BCUT2D eigenvalue weighted by Crippen LogP contribution is 1.98. The molecule has 0 aliphatic carbocycles. The fourth-order valence-corrected chi connectivity index (χ4v) is 0.415. The zero-order valence-electron chi connectivity index (χ0n) is 6.13. The largest absolute Gasteiger partial charge is 0.313 e. The van der Waals surface area contributed by atoms with Crippen LogP contribution >= 0.6 is 0 Å². The Bertz CT molecular complexity index is 162. The Kier molecular flexibility index (Phi) is 3.19. The van der Waals surface area contributed by atoms with Crippen LogP contribution in [0.2, 0.25) is 0 Å². The number of rotatable bonds is 3. The van der Waals surface area contributed by atoms with Gasteiger partial charge in [0.05, 0.1) is 0 Å². The molecule has 0 saturated heterocycles. The van der Waals surface area contributed by atoms with Crippen LogP contribution in [0.25, 0.3) is 0 Å². The van der Waals surface area contributed by atoms with Gasteiger partial charge in [-0.1, -0.05) is 19.7 Å². The van der Waals surface area contributed by atoms with Gasteiger partial charge in [-0.2, -0.15) is 0 Å². The first-order valence-corrected chi connectivity index (χ1v) is 2.85. The van der Waals surface area contributed by atoms with Gasteiger partial charge in [0.15, 0.2) is 0 Å². The highest BCUT2D eigenvalue weighted by atomic mass is 16.2. The van der Waals surface area contributed by atoms with Gasteiger partial charge < -0.3 is 4.90 Å². The van der Waals surface area contributed by atoms with E-state index in [1.807, 2.05) is 0 Å². The normalized spacial score (nSPS) is 8.10. The number of amides is 1. The summed E-state index contributed by atoms with van der Waals surface area (Å²) in [5.41, 5.74) is 0.574. The zero-order valence-corrected chi connectivity index (χ0v) is 6.13. The van der Waals surface area contributed by atoms with Crippen LogP contribution in [0.4, 0.5) is 0 Å². The lowest BCUT2D eigenvalue weighted by molar-refractivity contribution is -0.122. The van der Waals surface area contributed by atoms with Gasteiger partial charge >= 0.3 is 0 Å². The summed E-state index contributed by atoms with van der Waals surface area (Å²) in [4.78, 5) is 12.2. The molecule has 0 bridgehead atoms. The summed E-state index contributed by atoms with van der Waals surface area (Å²) in [5, 5.41) is 0. The van der Waals surface area contributed by atoms with Crippen molar-refractivity contribution in [2.45, 2.75) is 0 Å². The second-order valence-corrected chi connectivity index (χ2v) is 1.80. The lowest BCUT2D eigenvalue weighted by Gasteiger charge is -2.13. The van der Waals surface area contributed by atoms with Crippen molar-refractivity contribution in [3.63, 3.8) is 0 Å². The molecule has 0 spiro atoms. The zero-order chi connectivity index (χ0) is 8.15. The number of carbonyl (C=O) groups is 1. The SMILES string of the molecule is C=CC(=C)N(C)C(=O)C=C. The third-order valence-corrected chi connectivity index (χ3v) is 1.17. The Hall–Kier alpha value is -1.31. The molecular weight excluding hydrogens is 126 g/mol. The topological polar surface area (TPSA) is 20.3 Å². The number of likely N-dealkylation sites (N-methyl/N-ethyl adjacent to an activating group) is 1. The highest BCUT2D eigenvalue weighted by Gasteiger charge is 2.03. The highest BCUT2D eigenvalue weighted by molar-refractivity contribution is 5.88. The summed E-state index contributed by atoms with van der Waals surface area (Å²) >= 11 is 0. The van der Waals surface area contributed by atoms with Crippen LogP contribution in [0.15, 0.2) is 37.6 Å². The Balaban J connectivity index is 4.20. The van der Waals surface area contributed by atoms with E-state index in [2.05, 4.69) is 19.7 Å². The van der Waals surface area contributed by atoms with Gasteiger partial charge in [-0.3, -0.25) is 4.79 Å². The molecule has 0 aromatic rings. The summed E-state index contributed by atoms with van der Waals surface area (Å²) in [5.74, 6) is -0.176. The number of carbonyl (C=O) groups excluding carboxylic acids is 1. The van der Waals surface area contributed by atoms with Crippen molar-refractivity contribution >= 4 is 5.91 Å². The summed E-state index contributed by atoms with van der Waals surface area (Å²) < 4.78 is 0. The molecule has 0 atom stereocenters. The number of hydrogen-bond acceptors (Lipinski definition) is 1. The third kappa shape index (κ3) is 1.90. The first-order chi connectivity index (χ1) is 4.63. The molecule has 0 unspecified atom stereocenters. The van der Waals surface area contributed by atoms with E-state index >= 15 is 0 Å². The molecule has 2 heteroatoms. The maximum Gasteiger partial charge on any atom is 0.250 e. The van der Waals surface area contributed by atoms with E-state index in [0.29, 0.717) is 5.70 Å². The molecule has 2 nitrogen and oxygen atoms in total. The fourth-order valence-electron chi connectivity index (χ4n) is 0.415. The average Bonchev–Trinajstić information content (AvgIpc) is 2.00. The summed E-state index contributed by atoms with van der Waals surface area (Å²) in [6.45, 7) is 10.4. The van der Waals surface area contributed by atoms with Crippen LogP contribution in [-0.2, 0) is 4.79 Å². The summed E-state index contributed by atoms with van der Waals surface area (Å²) in [6, 6.07) is 0. The number of nitrogens with zero attached hydrogens (tertiary/aromatic N) is 1. The van der Waals surface area contributed by atoms with E-state index in [-0.39, 0.29) is 5.91 Å². The predicted octanol–water partition coefficient (Wildman–Crippen LogP) is 1.33. The Morgan fingerprint density at radius 2 is 1.90 bits per heavy atom. The van der Waals surface area contributed by atoms with Gasteiger partial charge in [-0.25, -0.2) is 0 Å². The average molecular weight is 137 g/mol. The molecule has 0 saturated carbocycles. The predicted molar refractivity (Wildman–Crippen MR) is 42.3 cm³/mol. The van der Waals surface area contributed by atoms with E-state index < -0.39 is 0 Å². The van der Waals surface area contributed by atoms with Crippen molar-refractivity contribution in [3.05, 3.63) is 37.6 Å². The van der Waals surface area contributed by atoms with E-state index in [9.17, 15) is 4.79 Å². The minimum atomic E-state index is -0.176. The van der Waals surface area contributed by atoms with E-state index in [1.54, 1.807) is 7.05 Å². The monoisotopic (exact) mass is 137 g/mol. The molecule has 54 valence electrons. The first-order valence-electron chi connectivity index (χ1n) is 2.85. The lowest BCUT2D eigenvalue weighted by atomic mass is 10.4. The minimum Gasteiger partial charge on any atom is -0.313 e. The van der Waals surface area contributed by atoms with Crippen molar-refractivity contribution in [2.24, 2.45) is 0 Å². The smallest absolute Gasteiger partial charge is 0.250 e. The molecule has 0 N–H and O–H groups in total. The Morgan fingerprint density at radius 3 is 2.20 bits per heavy atom. The van der Waals surface area contributed by atoms with Gasteiger partial charge in [-0.15, -0.1) is 0 Å². The van der Waals surface area contributed by atoms with Crippen molar-refractivity contribution in [3.8, 4) is 0 Å². The van der Waals surface area contributed by atoms with Crippen LogP contribution in [0, 0.1) is 0 Å². The van der Waals surface area contributed by atoms with Crippen LogP contribution in [0.1, 0.15) is 0 Å². The molecule has 0 aliphatic heterocycles. The van der Waals surface area contributed by atoms with Crippen LogP contribution in [0.5, 0.6) is 0 Å². The van der Waals surface area contributed by atoms with Crippen molar-refractivity contribution in [2.75, 3.05) is 7.05 Å². The minimum absolute atomic E-state index is 0.176. The maximum absolute atomic E-state index is 10.8. The van der Waals surface area contributed by atoms with Gasteiger partial charge in [0.25, 0.3) is 0 Å². The molecule has 0 aromatic heterocycles. The third-order valence-electron chi connectivity index (χ3n) is 1.17. The molecular formula is C8H11NO. The van der Waals surface area contributed by atoms with Gasteiger partial charge in [0.2, 0.25) is 5.91 Å². The molecule has 0 rings (SSSR count). The first kappa shape index (κ1) is 8.69. The molecule has 10 heavy (non-hydrogen) atoms. The lowest BCUT2D eigenvalue weighted by Crippen LogP contribution is -2.21. The van der Waals surface area contributed by atoms with Crippen LogP contribution in [0.3, 0.4) is 0 Å². The molecule has 1 amide bonds. The summed E-state index contributed by atoms with van der Waals surface area (Å²) in [6.07, 6.45) is 2.75. The number of allylic oxidation sites excluding steroid dienone is 1. The maximum atomic E-state index is 10.8. The second kappa shape index (κ2) is 3.67. The standard InChI is InChI=1S/C8H11NO/c1-5-7(3)9(4)8(10)6-2/h5-6H,1-3H2,4H3. The van der Waals surface area contributed by atoms with E-state index in [0.717, 1.165) is 0 Å². The Labute approximate surface area is 61.1 Å². The Morgan fingerprint density at radius 1 is 1.40 bits per heavy atom. The van der Waals surface area contributed by atoms with Gasteiger partial charge in [0.1, 0.15) is 0 Å². The molecule has 0 aliphatic rings. The second-order valence-electron chi connectivity index (χ2n) is 1.80. The van der Waals surface area contributed by atoms with Crippen LogP contribution in [-0.4, -0.2) is 17.9 Å². The van der Waals surface area contributed by atoms with E-state index in [1.165, 1.54) is 17.1 Å². The molecule has 0 heterocycles. The fraction of sp³-hybridized carbons (Fsp3) is 0.125. The van der Waals surface area contributed by atoms with E-state index in [4.69, 9.17) is 0 Å². The molecule has 0 radical (unpaired) electrons. The summed E-state index contributed by atoms with van der Waals surface area (Å²) in [7, 11) is 1.62. The van der Waals surface area contributed by atoms with Gasteiger partial charge in [0, 0.05) is 12.7 Å². The number of hydrogen-bond donors (Lipinski definition) is 0. The van der Waals surface area contributed by atoms with Crippen molar-refractivity contribution in [1.82, 2.24) is 4.90 Å². The molecule has 0 fully saturated rings. The van der Waals surface area contributed by atoms with Crippen LogP contribution < -0.4 is 0 Å². The molecule has 0 aromatic carbocycles. The van der Waals surface area contributed by atoms with Crippen molar-refractivity contribution < 1.29 is 4.79 Å². The quantitative estimate of drug-likeness (QED) is 0.424. The van der Waals surface area contributed by atoms with Gasteiger partial charge in [-0.05, 0) is 12.2 Å².